The number of carbonyl (C=O) groups is 1. The highest BCUT2D eigenvalue weighted by molar-refractivity contribution is 5.68. The molecule has 20 heavy (non-hydrogen) atoms. The summed E-state index contributed by atoms with van der Waals surface area (Å²) in [4.78, 5) is 13.7. The van der Waals surface area contributed by atoms with Gasteiger partial charge in [0.1, 0.15) is 5.75 Å². The summed E-state index contributed by atoms with van der Waals surface area (Å²) < 4.78 is 45.5. The molecule has 2 rings (SSSR count). The van der Waals surface area contributed by atoms with Gasteiger partial charge in [0.05, 0.1) is 0 Å². The van der Waals surface area contributed by atoms with Crippen LogP contribution in [0.1, 0.15) is 17.3 Å². The SMILES string of the molecule is NC(=O)Oc1ccc(Cc2noc(C(F)(F)F)n2)cc1. The van der Waals surface area contributed by atoms with E-state index in [1.807, 2.05) is 0 Å². The molecule has 106 valence electrons. The third kappa shape index (κ3) is 3.46. The number of amides is 1. The molecule has 0 aliphatic rings. The maximum Gasteiger partial charge on any atom is 0.471 e. The van der Waals surface area contributed by atoms with Crippen LogP contribution >= 0.6 is 0 Å². The number of carbonyl (C=O) groups excluding carboxylic acids is 1. The van der Waals surface area contributed by atoms with Crippen molar-refractivity contribution in [2.24, 2.45) is 5.73 Å². The Morgan fingerprint density at radius 2 is 1.95 bits per heavy atom. The van der Waals surface area contributed by atoms with Gasteiger partial charge in [0, 0.05) is 6.42 Å². The van der Waals surface area contributed by atoms with Crippen LogP contribution in [0, 0.1) is 0 Å². The fourth-order valence-corrected chi connectivity index (χ4v) is 1.41. The number of benzene rings is 1. The Labute approximate surface area is 110 Å². The molecule has 6 nitrogen and oxygen atoms in total. The molecule has 0 radical (unpaired) electrons. The molecule has 1 amide bonds. The average Bonchev–Trinajstić information content (AvgIpc) is 2.79. The zero-order chi connectivity index (χ0) is 14.8. The Bertz CT molecular complexity index is 607. The van der Waals surface area contributed by atoms with E-state index in [1.54, 1.807) is 12.1 Å². The van der Waals surface area contributed by atoms with Crippen molar-refractivity contribution in [1.29, 1.82) is 0 Å². The molecule has 0 atom stereocenters. The Morgan fingerprint density at radius 1 is 1.30 bits per heavy atom. The molecule has 9 heteroatoms. The third-order valence-electron chi connectivity index (χ3n) is 2.21. The van der Waals surface area contributed by atoms with Crippen molar-refractivity contribution >= 4 is 6.09 Å². The molecule has 0 aliphatic carbocycles. The van der Waals surface area contributed by atoms with E-state index < -0.39 is 18.2 Å². The lowest BCUT2D eigenvalue weighted by atomic mass is 10.1. The summed E-state index contributed by atoms with van der Waals surface area (Å²) in [6.07, 6.45) is -5.56. The second-order valence-corrected chi connectivity index (χ2v) is 3.76. The van der Waals surface area contributed by atoms with Crippen LogP contribution in [0.15, 0.2) is 28.8 Å². The number of hydrogen-bond acceptors (Lipinski definition) is 5. The fourth-order valence-electron chi connectivity index (χ4n) is 1.41. The van der Waals surface area contributed by atoms with Crippen LogP contribution in [-0.4, -0.2) is 16.2 Å². The molecule has 2 N–H and O–H groups in total. The van der Waals surface area contributed by atoms with Gasteiger partial charge in [0.2, 0.25) is 0 Å². The Balaban J connectivity index is 2.06. The molecule has 0 spiro atoms. The fraction of sp³-hybridized carbons (Fsp3) is 0.182. The highest BCUT2D eigenvalue weighted by Crippen LogP contribution is 2.27. The van der Waals surface area contributed by atoms with Gasteiger partial charge >= 0.3 is 18.2 Å². The van der Waals surface area contributed by atoms with Crippen LogP contribution in [0.2, 0.25) is 0 Å². The van der Waals surface area contributed by atoms with Crippen molar-refractivity contribution in [2.45, 2.75) is 12.6 Å². The molecular formula is C11H8F3N3O3. The van der Waals surface area contributed by atoms with E-state index in [0.29, 0.717) is 5.56 Å². The largest absolute Gasteiger partial charge is 0.471 e. The Morgan fingerprint density at radius 3 is 2.45 bits per heavy atom. The predicted molar refractivity (Wildman–Crippen MR) is 58.8 cm³/mol. The lowest BCUT2D eigenvalue weighted by molar-refractivity contribution is -0.159. The minimum absolute atomic E-state index is 0.0520. The number of nitrogens with zero attached hydrogens (tertiary/aromatic N) is 2. The van der Waals surface area contributed by atoms with Crippen molar-refractivity contribution in [1.82, 2.24) is 10.1 Å². The molecule has 0 aliphatic heterocycles. The van der Waals surface area contributed by atoms with Crippen LogP contribution in [0.5, 0.6) is 5.75 Å². The third-order valence-corrected chi connectivity index (χ3v) is 2.21. The van der Waals surface area contributed by atoms with Crippen molar-refractivity contribution in [3.05, 3.63) is 41.5 Å². The number of aromatic nitrogens is 2. The number of halogens is 3. The summed E-state index contributed by atoms with van der Waals surface area (Å²) >= 11 is 0. The average molecular weight is 287 g/mol. The maximum absolute atomic E-state index is 12.3. The minimum atomic E-state index is -4.66. The molecule has 1 aromatic heterocycles. The monoisotopic (exact) mass is 287 g/mol. The van der Waals surface area contributed by atoms with Gasteiger partial charge in [0.25, 0.3) is 0 Å². The van der Waals surface area contributed by atoms with E-state index in [4.69, 9.17) is 5.73 Å². The van der Waals surface area contributed by atoms with Gasteiger partial charge in [-0.1, -0.05) is 17.3 Å². The van der Waals surface area contributed by atoms with Crippen molar-refractivity contribution in [3.8, 4) is 5.75 Å². The number of alkyl halides is 3. The second-order valence-electron chi connectivity index (χ2n) is 3.76. The summed E-state index contributed by atoms with van der Waals surface area (Å²) in [7, 11) is 0. The number of nitrogens with two attached hydrogens (primary N) is 1. The van der Waals surface area contributed by atoms with Crippen molar-refractivity contribution in [3.63, 3.8) is 0 Å². The van der Waals surface area contributed by atoms with E-state index in [2.05, 4.69) is 19.4 Å². The predicted octanol–water partition coefficient (Wildman–Crippen LogP) is 2.14. The van der Waals surface area contributed by atoms with Crippen LogP contribution in [-0.2, 0) is 12.6 Å². The zero-order valence-electron chi connectivity index (χ0n) is 9.85. The van der Waals surface area contributed by atoms with E-state index in [1.165, 1.54) is 12.1 Å². The number of rotatable bonds is 3. The van der Waals surface area contributed by atoms with E-state index in [9.17, 15) is 18.0 Å². The van der Waals surface area contributed by atoms with Gasteiger partial charge in [-0.2, -0.15) is 18.2 Å². The van der Waals surface area contributed by atoms with Gasteiger partial charge in [-0.15, -0.1) is 0 Å². The molecule has 0 saturated heterocycles. The highest BCUT2D eigenvalue weighted by Gasteiger charge is 2.38. The minimum Gasteiger partial charge on any atom is -0.411 e. The maximum atomic E-state index is 12.3. The van der Waals surface area contributed by atoms with Gasteiger partial charge in [-0.3, -0.25) is 0 Å². The molecule has 0 bridgehead atoms. The Hall–Kier alpha value is -2.58. The summed E-state index contributed by atoms with van der Waals surface area (Å²) in [5, 5.41) is 3.24. The molecule has 2 aromatic rings. The standard InChI is InChI=1S/C11H8F3N3O3/c12-11(13,14)9-16-8(17-20-9)5-6-1-3-7(4-2-6)19-10(15)18/h1-4H,5H2,(H2,15,18). The van der Waals surface area contributed by atoms with Crippen LogP contribution in [0.4, 0.5) is 18.0 Å². The normalized spacial score (nSPS) is 11.3. The number of primary amides is 1. The first-order chi connectivity index (χ1) is 9.34. The summed E-state index contributed by atoms with van der Waals surface area (Å²) in [5.41, 5.74) is 5.45. The molecule has 1 aromatic carbocycles. The first kappa shape index (κ1) is 13.8. The van der Waals surface area contributed by atoms with E-state index >= 15 is 0 Å². The molecule has 1 heterocycles. The first-order valence-corrected chi connectivity index (χ1v) is 5.30. The van der Waals surface area contributed by atoms with E-state index in [0.717, 1.165) is 0 Å². The number of ether oxygens (including phenoxy) is 1. The quantitative estimate of drug-likeness (QED) is 0.933. The van der Waals surface area contributed by atoms with Crippen molar-refractivity contribution < 1.29 is 27.2 Å². The van der Waals surface area contributed by atoms with E-state index in [-0.39, 0.29) is 18.0 Å². The summed E-state index contributed by atoms with van der Waals surface area (Å²) in [5.74, 6) is -1.26. The van der Waals surface area contributed by atoms with Crippen LogP contribution in [0.3, 0.4) is 0 Å². The highest BCUT2D eigenvalue weighted by atomic mass is 19.4. The molecule has 0 saturated carbocycles. The number of hydrogen-bond donors (Lipinski definition) is 1. The molecule has 0 fully saturated rings. The lowest BCUT2D eigenvalue weighted by Gasteiger charge is -2.01. The molecular weight excluding hydrogens is 279 g/mol. The Kier molecular flexibility index (Phi) is 3.59. The van der Waals surface area contributed by atoms with Gasteiger partial charge in [-0.05, 0) is 17.7 Å². The van der Waals surface area contributed by atoms with Crippen LogP contribution in [0.25, 0.3) is 0 Å². The van der Waals surface area contributed by atoms with Crippen LogP contribution < -0.4 is 10.5 Å². The van der Waals surface area contributed by atoms with Crippen molar-refractivity contribution in [2.75, 3.05) is 0 Å². The molecule has 0 unspecified atom stereocenters. The summed E-state index contributed by atoms with van der Waals surface area (Å²) in [6.45, 7) is 0. The topological polar surface area (TPSA) is 91.2 Å². The van der Waals surface area contributed by atoms with Gasteiger partial charge in [-0.25, -0.2) is 4.79 Å². The second kappa shape index (κ2) is 5.19. The van der Waals surface area contributed by atoms with Gasteiger partial charge < -0.3 is 15.0 Å². The smallest absolute Gasteiger partial charge is 0.411 e. The summed E-state index contributed by atoms with van der Waals surface area (Å²) in [6, 6.07) is 5.99. The zero-order valence-corrected chi connectivity index (χ0v) is 9.85. The lowest BCUT2D eigenvalue weighted by Crippen LogP contribution is -2.16. The van der Waals surface area contributed by atoms with Gasteiger partial charge in [0.15, 0.2) is 5.82 Å². The first-order valence-electron chi connectivity index (χ1n) is 5.30.